The summed E-state index contributed by atoms with van der Waals surface area (Å²) in [5.74, 6) is 3.44. The summed E-state index contributed by atoms with van der Waals surface area (Å²) in [5.41, 5.74) is 10.6. The summed E-state index contributed by atoms with van der Waals surface area (Å²) in [5, 5.41) is 2.01. The van der Waals surface area contributed by atoms with E-state index in [4.69, 9.17) is 34.1 Å². The first kappa shape index (κ1) is 32.2. The number of allylic oxidation sites excluding steroid dienone is 3. The standard InChI is InChI=1S/C49H33N5O2/c1-4-14-30(15-5-1)43-45-44(37-22-10-11-24-39(37)56-45)51-49(50-43)38-23-13-25-40-42(38)36-27-26-34(29-41(36)55-40)33-20-12-21-35(28-33)48-53-46(31-16-6-2-7-17-31)52-47(54-48)32-18-8-3-9-19-32/h1-4,6-14,16-29,44-45H,5,15H2. The number of furan rings is 1. The topological polar surface area (TPSA) is 85.8 Å². The van der Waals surface area contributed by atoms with E-state index < -0.39 is 0 Å². The molecular weight excluding hydrogens is 691 g/mol. The van der Waals surface area contributed by atoms with Crippen LogP contribution in [0.5, 0.6) is 5.75 Å². The van der Waals surface area contributed by atoms with Gasteiger partial charge in [0, 0.05) is 38.6 Å². The lowest BCUT2D eigenvalue weighted by Gasteiger charge is -2.26. The number of amidine groups is 1. The number of fused-ring (bicyclic) bond motifs is 6. The number of nitrogens with zero attached hydrogens (tertiary/aromatic N) is 5. The largest absolute Gasteiger partial charge is 0.481 e. The van der Waals surface area contributed by atoms with Gasteiger partial charge in [0.05, 0.1) is 5.71 Å². The molecular formula is C49H33N5O2. The number of aliphatic imine (C=N–C) groups is 2. The van der Waals surface area contributed by atoms with Crippen LogP contribution in [0.4, 0.5) is 0 Å². The van der Waals surface area contributed by atoms with Crippen molar-refractivity contribution in [2.75, 3.05) is 0 Å². The van der Waals surface area contributed by atoms with Crippen molar-refractivity contribution in [1.82, 2.24) is 15.0 Å². The number of para-hydroxylation sites is 1. The SMILES string of the molecule is C1=CCCC(C2=NC(c3cccc4oc5cc(-c6cccc(-c7nc(-c8ccccc8)nc(-c8ccccc8)n7)c6)ccc5c34)=NC3c4ccccc4OC23)=C1. The molecule has 0 saturated carbocycles. The molecule has 0 amide bonds. The predicted octanol–water partition coefficient (Wildman–Crippen LogP) is 11.4. The van der Waals surface area contributed by atoms with E-state index >= 15 is 0 Å². The Labute approximate surface area is 323 Å². The van der Waals surface area contributed by atoms with Gasteiger partial charge >= 0.3 is 0 Å². The Morgan fingerprint density at radius 3 is 2.02 bits per heavy atom. The predicted molar refractivity (Wildman–Crippen MR) is 223 cm³/mol. The van der Waals surface area contributed by atoms with E-state index in [9.17, 15) is 0 Å². The molecule has 2 unspecified atom stereocenters. The minimum Gasteiger partial charge on any atom is -0.481 e. The summed E-state index contributed by atoms with van der Waals surface area (Å²) in [7, 11) is 0. The van der Waals surface area contributed by atoms with Gasteiger partial charge in [-0.15, -0.1) is 0 Å². The van der Waals surface area contributed by atoms with E-state index in [-0.39, 0.29) is 12.1 Å². The summed E-state index contributed by atoms with van der Waals surface area (Å²) in [6.07, 6.45) is 8.14. The summed E-state index contributed by atoms with van der Waals surface area (Å²) in [6, 6.07) is 49.0. The van der Waals surface area contributed by atoms with Gasteiger partial charge in [0.1, 0.15) is 23.0 Å². The Morgan fingerprint density at radius 1 is 0.571 bits per heavy atom. The van der Waals surface area contributed by atoms with Gasteiger partial charge in [0.25, 0.3) is 0 Å². The highest BCUT2D eigenvalue weighted by atomic mass is 16.5. The highest BCUT2D eigenvalue weighted by Crippen LogP contribution is 2.44. The zero-order chi connectivity index (χ0) is 37.0. The summed E-state index contributed by atoms with van der Waals surface area (Å²) < 4.78 is 13.1. The van der Waals surface area contributed by atoms with E-state index in [0.717, 1.165) is 85.2 Å². The Kier molecular flexibility index (Phi) is 7.62. The third-order valence-corrected chi connectivity index (χ3v) is 10.8. The lowest BCUT2D eigenvalue weighted by atomic mass is 9.90. The zero-order valence-electron chi connectivity index (χ0n) is 30.2. The normalized spacial score (nSPS) is 17.2. The average molecular weight is 724 g/mol. The number of benzene rings is 6. The second-order valence-corrected chi connectivity index (χ2v) is 14.2. The van der Waals surface area contributed by atoms with Crippen molar-refractivity contribution in [2.45, 2.75) is 25.0 Å². The maximum atomic E-state index is 6.59. The summed E-state index contributed by atoms with van der Waals surface area (Å²) >= 11 is 0. The average Bonchev–Trinajstić information content (AvgIpc) is 3.85. The van der Waals surface area contributed by atoms with Crippen molar-refractivity contribution in [1.29, 1.82) is 0 Å². The summed E-state index contributed by atoms with van der Waals surface area (Å²) in [6.45, 7) is 0. The van der Waals surface area contributed by atoms with E-state index in [1.54, 1.807) is 0 Å². The van der Waals surface area contributed by atoms with Crippen LogP contribution in [-0.4, -0.2) is 32.6 Å². The molecule has 2 aromatic heterocycles. The second kappa shape index (κ2) is 13.2. The highest BCUT2D eigenvalue weighted by molar-refractivity contribution is 6.23. The molecule has 8 aromatic rings. The summed E-state index contributed by atoms with van der Waals surface area (Å²) in [4.78, 5) is 25.3. The molecule has 2 aliphatic heterocycles. The number of aromatic nitrogens is 3. The highest BCUT2D eigenvalue weighted by Gasteiger charge is 2.42. The van der Waals surface area contributed by atoms with E-state index in [1.807, 2.05) is 97.1 Å². The maximum absolute atomic E-state index is 6.59. The molecule has 0 fully saturated rings. The molecule has 0 saturated heterocycles. The van der Waals surface area contributed by atoms with Crippen LogP contribution in [0, 0.1) is 0 Å². The van der Waals surface area contributed by atoms with Crippen LogP contribution in [0.2, 0.25) is 0 Å². The van der Waals surface area contributed by atoms with Crippen LogP contribution in [0.3, 0.4) is 0 Å². The van der Waals surface area contributed by atoms with Crippen molar-refractivity contribution >= 4 is 33.5 Å². The van der Waals surface area contributed by atoms with Gasteiger partial charge < -0.3 is 9.15 Å². The Hall–Kier alpha value is -7.25. The monoisotopic (exact) mass is 723 g/mol. The fourth-order valence-electron chi connectivity index (χ4n) is 8.04. The second-order valence-electron chi connectivity index (χ2n) is 14.2. The first-order chi connectivity index (χ1) is 27.7. The fourth-order valence-corrected chi connectivity index (χ4v) is 8.04. The first-order valence-electron chi connectivity index (χ1n) is 18.9. The molecule has 0 N–H and O–H groups in total. The molecule has 7 heteroatoms. The number of hydrogen-bond acceptors (Lipinski definition) is 7. The molecule has 1 aliphatic carbocycles. The quantitative estimate of drug-likeness (QED) is 0.170. The Balaban J connectivity index is 0.998. The van der Waals surface area contributed by atoms with Gasteiger partial charge in [-0.05, 0) is 59.9 Å². The molecule has 266 valence electrons. The maximum Gasteiger partial charge on any atom is 0.167 e. The van der Waals surface area contributed by atoms with Gasteiger partial charge in [0.2, 0.25) is 0 Å². The molecule has 0 bridgehead atoms. The fraction of sp³-hybridized carbons (Fsp3) is 0.0816. The first-order valence-corrected chi connectivity index (χ1v) is 18.9. The number of ether oxygens (including phenoxy) is 1. The lowest BCUT2D eigenvalue weighted by Crippen LogP contribution is -2.34. The van der Waals surface area contributed by atoms with Crippen molar-refractivity contribution in [2.24, 2.45) is 9.98 Å². The number of rotatable bonds is 6. The third kappa shape index (κ3) is 5.55. The van der Waals surface area contributed by atoms with E-state index in [2.05, 4.69) is 66.8 Å². The molecule has 4 heterocycles. The molecule has 56 heavy (non-hydrogen) atoms. The Bertz CT molecular complexity index is 2900. The van der Waals surface area contributed by atoms with Crippen molar-refractivity contribution in [3.05, 3.63) is 181 Å². The van der Waals surface area contributed by atoms with Crippen LogP contribution >= 0.6 is 0 Å². The minimum atomic E-state index is -0.250. The van der Waals surface area contributed by atoms with Crippen LogP contribution < -0.4 is 4.74 Å². The molecule has 11 rings (SSSR count). The molecule has 7 nitrogen and oxygen atoms in total. The van der Waals surface area contributed by atoms with Gasteiger partial charge in [0.15, 0.2) is 29.4 Å². The minimum absolute atomic E-state index is 0.176. The van der Waals surface area contributed by atoms with Crippen molar-refractivity contribution < 1.29 is 9.15 Å². The van der Waals surface area contributed by atoms with E-state index in [0.29, 0.717) is 23.3 Å². The zero-order valence-corrected chi connectivity index (χ0v) is 30.2. The molecule has 0 radical (unpaired) electrons. The van der Waals surface area contributed by atoms with Crippen LogP contribution in [0.25, 0.3) is 67.2 Å². The molecule has 0 spiro atoms. The molecule has 2 atom stereocenters. The number of hydrogen-bond donors (Lipinski definition) is 0. The van der Waals surface area contributed by atoms with Gasteiger partial charge in [-0.25, -0.2) is 19.9 Å². The van der Waals surface area contributed by atoms with E-state index in [1.165, 1.54) is 5.57 Å². The van der Waals surface area contributed by atoms with Gasteiger partial charge in [-0.1, -0.05) is 133 Å². The molecule has 6 aromatic carbocycles. The van der Waals surface area contributed by atoms with Gasteiger partial charge in [-0.2, -0.15) is 0 Å². The Morgan fingerprint density at radius 2 is 1.25 bits per heavy atom. The molecule has 3 aliphatic rings. The van der Waals surface area contributed by atoms with Crippen molar-refractivity contribution in [3.8, 4) is 51.0 Å². The van der Waals surface area contributed by atoms with Crippen molar-refractivity contribution in [3.63, 3.8) is 0 Å². The van der Waals surface area contributed by atoms with Crippen LogP contribution in [0.1, 0.15) is 30.0 Å². The van der Waals surface area contributed by atoms with Crippen LogP contribution in [0.15, 0.2) is 184 Å². The lowest BCUT2D eigenvalue weighted by molar-refractivity contribution is 0.275. The van der Waals surface area contributed by atoms with Gasteiger partial charge in [-0.3, -0.25) is 4.99 Å². The third-order valence-electron chi connectivity index (χ3n) is 10.8. The van der Waals surface area contributed by atoms with Crippen LogP contribution in [-0.2, 0) is 0 Å². The smallest absolute Gasteiger partial charge is 0.167 e.